The predicted octanol–water partition coefficient (Wildman–Crippen LogP) is 0.949. The van der Waals surface area contributed by atoms with Crippen LogP contribution in [0.15, 0.2) is 0 Å². The lowest BCUT2D eigenvalue weighted by Gasteiger charge is -2.29. The van der Waals surface area contributed by atoms with Crippen LogP contribution in [0, 0.1) is 5.92 Å². The fourth-order valence-electron chi connectivity index (χ4n) is 2.39. The van der Waals surface area contributed by atoms with Crippen LogP contribution in [0.1, 0.15) is 32.6 Å². The third-order valence-electron chi connectivity index (χ3n) is 3.47. The van der Waals surface area contributed by atoms with E-state index in [1.807, 2.05) is 6.92 Å². The predicted molar refractivity (Wildman–Crippen MR) is 54.1 cm³/mol. The Morgan fingerprint density at radius 3 is 2.67 bits per heavy atom. The maximum Gasteiger partial charge on any atom is 0.328 e. The molecule has 0 aromatic heterocycles. The first-order valence-corrected chi connectivity index (χ1v) is 5.54. The lowest BCUT2D eigenvalue weighted by Crippen LogP contribution is -2.45. The maximum atomic E-state index is 11.7. The fraction of sp³-hybridized carbons (Fsp3) is 0.818. The minimum absolute atomic E-state index is 0.102. The molecule has 0 spiro atoms. The van der Waals surface area contributed by atoms with E-state index in [-0.39, 0.29) is 24.0 Å². The standard InChI is InChI=1S/C11H17NO3/c1-7(8-3-4-8)12-9(11(14)15-2)5-6-10(12)13/h7-9H,3-6H2,1-2H3. The first kappa shape index (κ1) is 10.5. The molecule has 0 radical (unpaired) electrons. The molecule has 1 aliphatic carbocycles. The van der Waals surface area contributed by atoms with Gasteiger partial charge in [0.05, 0.1) is 7.11 Å². The van der Waals surface area contributed by atoms with E-state index in [1.165, 1.54) is 20.0 Å². The van der Waals surface area contributed by atoms with Gasteiger partial charge in [-0.25, -0.2) is 4.79 Å². The molecule has 84 valence electrons. The molecule has 0 aromatic rings. The number of likely N-dealkylation sites (tertiary alicyclic amines) is 1. The van der Waals surface area contributed by atoms with Crippen molar-refractivity contribution in [2.24, 2.45) is 5.92 Å². The highest BCUT2D eigenvalue weighted by atomic mass is 16.5. The molecule has 0 aromatic carbocycles. The largest absolute Gasteiger partial charge is 0.467 e. The van der Waals surface area contributed by atoms with E-state index in [4.69, 9.17) is 4.74 Å². The number of ether oxygens (including phenoxy) is 1. The molecule has 15 heavy (non-hydrogen) atoms. The van der Waals surface area contributed by atoms with E-state index in [1.54, 1.807) is 4.90 Å². The molecule has 0 N–H and O–H groups in total. The van der Waals surface area contributed by atoms with Gasteiger partial charge in [0.15, 0.2) is 0 Å². The third-order valence-corrected chi connectivity index (χ3v) is 3.47. The number of esters is 1. The number of carbonyl (C=O) groups is 2. The van der Waals surface area contributed by atoms with Gasteiger partial charge in [-0.2, -0.15) is 0 Å². The summed E-state index contributed by atoms with van der Waals surface area (Å²) >= 11 is 0. The molecular weight excluding hydrogens is 194 g/mol. The Labute approximate surface area is 89.6 Å². The molecule has 4 nitrogen and oxygen atoms in total. The van der Waals surface area contributed by atoms with Crippen molar-refractivity contribution in [2.75, 3.05) is 7.11 Å². The van der Waals surface area contributed by atoms with Crippen LogP contribution in [0.5, 0.6) is 0 Å². The molecule has 1 amide bonds. The van der Waals surface area contributed by atoms with Gasteiger partial charge in [-0.3, -0.25) is 4.79 Å². The van der Waals surface area contributed by atoms with Crippen molar-refractivity contribution in [2.45, 2.75) is 44.7 Å². The summed E-state index contributed by atoms with van der Waals surface area (Å²) in [4.78, 5) is 24.9. The molecule has 1 saturated heterocycles. The number of nitrogens with zero attached hydrogens (tertiary/aromatic N) is 1. The quantitative estimate of drug-likeness (QED) is 0.653. The molecule has 2 fully saturated rings. The van der Waals surface area contributed by atoms with Crippen LogP contribution in [0.2, 0.25) is 0 Å². The minimum Gasteiger partial charge on any atom is -0.467 e. The van der Waals surface area contributed by atoms with Crippen molar-refractivity contribution in [1.82, 2.24) is 4.90 Å². The zero-order valence-corrected chi connectivity index (χ0v) is 9.23. The number of hydrogen-bond acceptors (Lipinski definition) is 3. The monoisotopic (exact) mass is 211 g/mol. The van der Waals surface area contributed by atoms with Gasteiger partial charge in [-0.1, -0.05) is 0 Å². The second-order valence-electron chi connectivity index (χ2n) is 4.46. The van der Waals surface area contributed by atoms with Crippen molar-refractivity contribution >= 4 is 11.9 Å². The SMILES string of the molecule is COC(=O)C1CCC(=O)N1C(C)C1CC1. The van der Waals surface area contributed by atoms with Crippen molar-refractivity contribution in [3.63, 3.8) is 0 Å². The Morgan fingerprint density at radius 2 is 2.13 bits per heavy atom. The van der Waals surface area contributed by atoms with E-state index in [2.05, 4.69) is 0 Å². The van der Waals surface area contributed by atoms with Gasteiger partial charge in [-0.15, -0.1) is 0 Å². The molecule has 2 aliphatic rings. The van der Waals surface area contributed by atoms with E-state index >= 15 is 0 Å². The highest BCUT2D eigenvalue weighted by Crippen LogP contribution is 2.38. The zero-order valence-electron chi connectivity index (χ0n) is 9.23. The summed E-state index contributed by atoms with van der Waals surface area (Å²) in [5, 5.41) is 0. The molecule has 1 aliphatic heterocycles. The Morgan fingerprint density at radius 1 is 1.47 bits per heavy atom. The number of hydrogen-bond donors (Lipinski definition) is 0. The highest BCUT2D eigenvalue weighted by molar-refractivity contribution is 5.88. The molecule has 0 bridgehead atoms. The van der Waals surface area contributed by atoms with Gasteiger partial charge in [-0.05, 0) is 32.1 Å². The lowest BCUT2D eigenvalue weighted by molar-refractivity contribution is -0.150. The van der Waals surface area contributed by atoms with Gasteiger partial charge in [0.25, 0.3) is 0 Å². The summed E-state index contributed by atoms with van der Waals surface area (Å²) in [5.41, 5.74) is 0. The van der Waals surface area contributed by atoms with Crippen LogP contribution in [0.3, 0.4) is 0 Å². The van der Waals surface area contributed by atoms with E-state index < -0.39 is 0 Å². The van der Waals surface area contributed by atoms with Crippen LogP contribution in [0.25, 0.3) is 0 Å². The first-order chi connectivity index (χ1) is 7.15. The lowest BCUT2D eigenvalue weighted by atomic mass is 10.1. The Balaban J connectivity index is 2.10. The normalized spacial score (nSPS) is 28.0. The molecule has 2 rings (SSSR count). The maximum absolute atomic E-state index is 11.7. The average Bonchev–Trinajstić information content (AvgIpc) is 3.00. The van der Waals surface area contributed by atoms with Gasteiger partial charge >= 0.3 is 5.97 Å². The third kappa shape index (κ3) is 1.85. The van der Waals surface area contributed by atoms with Crippen molar-refractivity contribution in [1.29, 1.82) is 0 Å². The molecule has 2 unspecified atom stereocenters. The topological polar surface area (TPSA) is 46.6 Å². The second kappa shape index (κ2) is 3.83. The number of rotatable bonds is 3. The van der Waals surface area contributed by atoms with E-state index in [9.17, 15) is 9.59 Å². The van der Waals surface area contributed by atoms with Gasteiger partial charge in [0.1, 0.15) is 6.04 Å². The molecule has 2 atom stereocenters. The van der Waals surface area contributed by atoms with Crippen molar-refractivity contribution < 1.29 is 14.3 Å². The summed E-state index contributed by atoms with van der Waals surface area (Å²) in [6.45, 7) is 2.04. The first-order valence-electron chi connectivity index (χ1n) is 5.54. The number of amides is 1. The summed E-state index contributed by atoms with van der Waals surface area (Å²) in [7, 11) is 1.38. The van der Waals surface area contributed by atoms with Crippen LogP contribution < -0.4 is 0 Å². The second-order valence-corrected chi connectivity index (χ2v) is 4.46. The van der Waals surface area contributed by atoms with Crippen LogP contribution in [0.4, 0.5) is 0 Å². The Bertz CT molecular complexity index is 286. The molecule has 1 heterocycles. The zero-order chi connectivity index (χ0) is 11.0. The fourth-order valence-corrected chi connectivity index (χ4v) is 2.39. The molecule has 1 saturated carbocycles. The van der Waals surface area contributed by atoms with E-state index in [0.29, 0.717) is 18.8 Å². The van der Waals surface area contributed by atoms with Crippen molar-refractivity contribution in [3.8, 4) is 0 Å². The highest BCUT2D eigenvalue weighted by Gasteiger charge is 2.44. The minimum atomic E-state index is -0.335. The number of carbonyl (C=O) groups excluding carboxylic acids is 2. The van der Waals surface area contributed by atoms with Crippen LogP contribution in [-0.4, -0.2) is 36.0 Å². The average molecular weight is 211 g/mol. The van der Waals surface area contributed by atoms with Gasteiger partial charge < -0.3 is 9.64 Å². The summed E-state index contributed by atoms with van der Waals surface area (Å²) in [6.07, 6.45) is 3.46. The molecule has 4 heteroatoms. The van der Waals surface area contributed by atoms with Crippen LogP contribution in [-0.2, 0) is 14.3 Å². The van der Waals surface area contributed by atoms with E-state index in [0.717, 1.165) is 0 Å². The van der Waals surface area contributed by atoms with Gasteiger partial charge in [0.2, 0.25) is 5.91 Å². The molecular formula is C11H17NO3. The Hall–Kier alpha value is -1.06. The van der Waals surface area contributed by atoms with Crippen LogP contribution >= 0.6 is 0 Å². The van der Waals surface area contributed by atoms with Gasteiger partial charge in [0, 0.05) is 12.5 Å². The van der Waals surface area contributed by atoms with Crippen molar-refractivity contribution in [3.05, 3.63) is 0 Å². The summed E-state index contributed by atoms with van der Waals surface area (Å²) in [5.74, 6) is 0.428. The smallest absolute Gasteiger partial charge is 0.328 e. The Kier molecular flexibility index (Phi) is 2.67. The summed E-state index contributed by atoms with van der Waals surface area (Å²) in [6, 6.07) is -0.137. The summed E-state index contributed by atoms with van der Waals surface area (Å²) < 4.78 is 4.73. The number of methoxy groups -OCH3 is 1.